The minimum absolute atomic E-state index is 0.138. The zero-order valence-electron chi connectivity index (χ0n) is 8.14. The molecule has 7 nitrogen and oxygen atoms in total. The Balaban J connectivity index is 3.30. The number of H-pyrrole nitrogens is 1. The molecule has 1 amide bonds. The third-order valence-electron chi connectivity index (χ3n) is 1.99. The third kappa shape index (κ3) is 2.34. The molecule has 1 aromatic heterocycles. The lowest BCUT2D eigenvalue weighted by atomic mass is 10.2. The van der Waals surface area contributed by atoms with E-state index in [0.717, 1.165) is 0 Å². The molecular weight excluding hydrogens is 221 g/mol. The molecule has 16 heavy (non-hydrogen) atoms. The quantitative estimate of drug-likeness (QED) is 0.560. The Morgan fingerprint density at radius 3 is 2.75 bits per heavy atom. The standard InChI is InChI=1S/C8H10FN3O4/c9-4-3-12(8(16)11-7(4)15)5(1-2-13)6(10)14/h3,5,13H,1-2H2,(H2,10,14)(H,11,15,16). The number of halogens is 1. The fraction of sp³-hybridized carbons (Fsp3) is 0.375. The molecule has 1 rings (SSSR count). The van der Waals surface area contributed by atoms with Crippen molar-refractivity contribution in [1.82, 2.24) is 9.55 Å². The van der Waals surface area contributed by atoms with E-state index >= 15 is 0 Å². The summed E-state index contributed by atoms with van der Waals surface area (Å²) >= 11 is 0. The molecule has 1 aromatic rings. The number of nitrogens with two attached hydrogens (primary N) is 1. The summed E-state index contributed by atoms with van der Waals surface area (Å²) in [6, 6.07) is -1.19. The Kier molecular flexibility index (Phi) is 3.56. The smallest absolute Gasteiger partial charge is 0.329 e. The number of aliphatic hydroxyl groups excluding tert-OH is 1. The van der Waals surface area contributed by atoms with Crippen LogP contribution in [0.1, 0.15) is 12.5 Å². The van der Waals surface area contributed by atoms with Crippen molar-refractivity contribution >= 4 is 5.91 Å². The van der Waals surface area contributed by atoms with E-state index in [-0.39, 0.29) is 6.42 Å². The van der Waals surface area contributed by atoms with Crippen LogP contribution in [0.25, 0.3) is 0 Å². The van der Waals surface area contributed by atoms with Gasteiger partial charge in [-0.3, -0.25) is 19.1 Å². The van der Waals surface area contributed by atoms with Crippen molar-refractivity contribution in [3.63, 3.8) is 0 Å². The second-order valence-corrected chi connectivity index (χ2v) is 3.07. The number of aromatic nitrogens is 2. The van der Waals surface area contributed by atoms with Crippen molar-refractivity contribution in [1.29, 1.82) is 0 Å². The first-order valence-electron chi connectivity index (χ1n) is 4.38. The van der Waals surface area contributed by atoms with Crippen LogP contribution in [0.15, 0.2) is 15.8 Å². The van der Waals surface area contributed by atoms with E-state index in [1.165, 1.54) is 0 Å². The maximum Gasteiger partial charge on any atom is 0.329 e. The lowest BCUT2D eigenvalue weighted by Crippen LogP contribution is -2.39. The van der Waals surface area contributed by atoms with Crippen LogP contribution in [0, 0.1) is 5.82 Å². The zero-order valence-corrected chi connectivity index (χ0v) is 8.14. The van der Waals surface area contributed by atoms with Gasteiger partial charge >= 0.3 is 5.69 Å². The average Bonchev–Trinajstić information content (AvgIpc) is 2.20. The van der Waals surface area contributed by atoms with E-state index in [2.05, 4.69) is 0 Å². The molecule has 0 aromatic carbocycles. The summed E-state index contributed by atoms with van der Waals surface area (Å²) in [7, 11) is 0. The van der Waals surface area contributed by atoms with E-state index in [1.807, 2.05) is 0 Å². The predicted octanol–water partition coefficient (Wildman–Crippen LogP) is -1.92. The fourth-order valence-corrected chi connectivity index (χ4v) is 1.23. The van der Waals surface area contributed by atoms with Crippen LogP contribution < -0.4 is 17.0 Å². The average molecular weight is 231 g/mol. The molecule has 1 heterocycles. The number of hydrogen-bond donors (Lipinski definition) is 3. The number of hydrogen-bond acceptors (Lipinski definition) is 4. The number of nitrogens with one attached hydrogen (secondary N) is 1. The van der Waals surface area contributed by atoms with E-state index in [0.29, 0.717) is 10.8 Å². The van der Waals surface area contributed by atoms with Crippen LogP contribution in [0.4, 0.5) is 4.39 Å². The Bertz CT molecular complexity index is 507. The van der Waals surface area contributed by atoms with Gasteiger partial charge in [0.15, 0.2) is 0 Å². The van der Waals surface area contributed by atoms with Crippen LogP contribution in [0.5, 0.6) is 0 Å². The van der Waals surface area contributed by atoms with Gasteiger partial charge in [-0.1, -0.05) is 0 Å². The van der Waals surface area contributed by atoms with Gasteiger partial charge in [0, 0.05) is 13.0 Å². The van der Waals surface area contributed by atoms with E-state index in [9.17, 15) is 18.8 Å². The molecule has 0 fully saturated rings. The highest BCUT2D eigenvalue weighted by Crippen LogP contribution is 2.06. The van der Waals surface area contributed by atoms with E-state index in [1.54, 1.807) is 4.98 Å². The fourth-order valence-electron chi connectivity index (χ4n) is 1.23. The molecular formula is C8H10FN3O4. The number of carbonyl (C=O) groups excluding carboxylic acids is 1. The Morgan fingerprint density at radius 2 is 2.25 bits per heavy atom. The molecule has 0 radical (unpaired) electrons. The van der Waals surface area contributed by atoms with Gasteiger partial charge in [0.1, 0.15) is 6.04 Å². The molecule has 0 bridgehead atoms. The lowest BCUT2D eigenvalue weighted by molar-refractivity contribution is -0.121. The van der Waals surface area contributed by atoms with Crippen molar-refractivity contribution in [2.75, 3.05) is 6.61 Å². The molecule has 0 aliphatic heterocycles. The first-order chi connectivity index (χ1) is 7.47. The highest BCUT2D eigenvalue weighted by atomic mass is 19.1. The monoisotopic (exact) mass is 231 g/mol. The van der Waals surface area contributed by atoms with Gasteiger partial charge in [-0.05, 0) is 0 Å². The van der Waals surface area contributed by atoms with Crippen molar-refractivity contribution in [3.05, 3.63) is 32.9 Å². The molecule has 0 aliphatic carbocycles. The summed E-state index contributed by atoms with van der Waals surface area (Å²) in [6.07, 6.45) is 0.451. The first kappa shape index (κ1) is 12.1. The molecule has 0 saturated heterocycles. The van der Waals surface area contributed by atoms with Gasteiger partial charge in [-0.15, -0.1) is 0 Å². The minimum Gasteiger partial charge on any atom is -0.396 e. The topological polar surface area (TPSA) is 118 Å². The summed E-state index contributed by atoms with van der Waals surface area (Å²) in [4.78, 5) is 34.7. The summed E-state index contributed by atoms with van der Waals surface area (Å²) in [5.74, 6) is -2.11. The lowest BCUT2D eigenvalue weighted by Gasteiger charge is -2.14. The molecule has 1 unspecified atom stereocenters. The number of nitrogens with zero attached hydrogens (tertiary/aromatic N) is 1. The number of aliphatic hydroxyl groups is 1. The van der Waals surface area contributed by atoms with Crippen molar-refractivity contribution < 1.29 is 14.3 Å². The summed E-state index contributed by atoms with van der Waals surface area (Å²) in [5.41, 5.74) is 2.86. The Labute approximate surface area is 88.3 Å². The maximum absolute atomic E-state index is 12.9. The van der Waals surface area contributed by atoms with Gasteiger partial charge < -0.3 is 10.8 Å². The zero-order chi connectivity index (χ0) is 12.3. The Morgan fingerprint density at radius 1 is 1.62 bits per heavy atom. The van der Waals surface area contributed by atoms with Crippen molar-refractivity contribution in [3.8, 4) is 0 Å². The SMILES string of the molecule is NC(=O)C(CCO)n1cc(F)c(=O)[nH]c1=O. The highest BCUT2D eigenvalue weighted by molar-refractivity contribution is 5.78. The Hall–Kier alpha value is -1.96. The second kappa shape index (κ2) is 4.71. The molecule has 4 N–H and O–H groups in total. The van der Waals surface area contributed by atoms with Crippen LogP contribution in [0.2, 0.25) is 0 Å². The van der Waals surface area contributed by atoms with Crippen LogP contribution in [-0.4, -0.2) is 27.2 Å². The number of amides is 1. The van der Waals surface area contributed by atoms with Crippen LogP contribution >= 0.6 is 0 Å². The predicted molar refractivity (Wildman–Crippen MR) is 51.2 cm³/mol. The third-order valence-corrected chi connectivity index (χ3v) is 1.99. The van der Waals surface area contributed by atoms with E-state index in [4.69, 9.17) is 10.8 Å². The minimum atomic E-state index is -1.20. The van der Waals surface area contributed by atoms with Gasteiger partial charge in [-0.25, -0.2) is 4.79 Å². The van der Waals surface area contributed by atoms with Gasteiger partial charge in [0.2, 0.25) is 11.7 Å². The molecule has 1 atom stereocenters. The second-order valence-electron chi connectivity index (χ2n) is 3.07. The largest absolute Gasteiger partial charge is 0.396 e. The number of carbonyl (C=O) groups is 1. The normalized spacial score (nSPS) is 12.4. The van der Waals surface area contributed by atoms with Gasteiger partial charge in [0.25, 0.3) is 5.56 Å². The summed E-state index contributed by atoms with van der Waals surface area (Å²) in [5, 5.41) is 8.67. The van der Waals surface area contributed by atoms with Crippen molar-refractivity contribution in [2.24, 2.45) is 5.73 Å². The van der Waals surface area contributed by atoms with Crippen LogP contribution in [-0.2, 0) is 4.79 Å². The molecule has 0 aliphatic rings. The number of primary amides is 1. The van der Waals surface area contributed by atoms with Crippen LogP contribution in [0.3, 0.4) is 0 Å². The van der Waals surface area contributed by atoms with E-state index < -0.39 is 35.6 Å². The van der Waals surface area contributed by atoms with Gasteiger partial charge in [0.05, 0.1) is 6.20 Å². The first-order valence-corrected chi connectivity index (χ1v) is 4.38. The number of rotatable bonds is 4. The molecule has 0 saturated carbocycles. The highest BCUT2D eigenvalue weighted by Gasteiger charge is 2.19. The van der Waals surface area contributed by atoms with Crippen molar-refractivity contribution in [2.45, 2.75) is 12.5 Å². The van der Waals surface area contributed by atoms with Gasteiger partial charge in [-0.2, -0.15) is 4.39 Å². The molecule has 88 valence electrons. The molecule has 0 spiro atoms. The molecule has 8 heteroatoms. The summed E-state index contributed by atoms with van der Waals surface area (Å²) < 4.78 is 13.6. The summed E-state index contributed by atoms with van der Waals surface area (Å²) in [6.45, 7) is -0.402. The number of aromatic amines is 1. The maximum atomic E-state index is 12.9.